The van der Waals surface area contributed by atoms with E-state index >= 15 is 0 Å². The summed E-state index contributed by atoms with van der Waals surface area (Å²) in [6, 6.07) is 8.15. The molecule has 3 aromatic rings. The number of rotatable bonds is 3. The fourth-order valence-corrected chi connectivity index (χ4v) is 2.53. The quantitative estimate of drug-likeness (QED) is 0.573. The molecule has 100 valence electrons. The van der Waals surface area contributed by atoms with Crippen molar-refractivity contribution < 1.29 is 0 Å². The number of aromatic nitrogens is 4. The topological polar surface area (TPSA) is 61.8 Å². The maximum atomic E-state index is 5.23. The van der Waals surface area contributed by atoms with Crippen molar-refractivity contribution in [2.75, 3.05) is 0 Å². The van der Waals surface area contributed by atoms with Crippen LogP contribution in [0.25, 0.3) is 10.9 Å². The molecule has 1 aliphatic rings. The van der Waals surface area contributed by atoms with Crippen molar-refractivity contribution >= 4 is 29.3 Å². The molecule has 0 spiro atoms. The Hall–Kier alpha value is -2.21. The molecule has 0 saturated heterocycles. The molecule has 0 unspecified atom stereocenters. The van der Waals surface area contributed by atoms with E-state index in [-0.39, 0.29) is 0 Å². The van der Waals surface area contributed by atoms with E-state index < -0.39 is 0 Å². The summed E-state index contributed by atoms with van der Waals surface area (Å²) in [4.78, 5) is 3.23. The molecule has 0 amide bonds. The van der Waals surface area contributed by atoms with Gasteiger partial charge >= 0.3 is 0 Å². The number of para-hydroxylation sites is 1. The highest BCUT2D eigenvalue weighted by Crippen LogP contribution is 2.38. The van der Waals surface area contributed by atoms with Crippen LogP contribution < -0.4 is 0 Å². The molecule has 2 aromatic heterocycles. The van der Waals surface area contributed by atoms with Gasteiger partial charge in [0.05, 0.1) is 6.21 Å². The second-order valence-electron chi connectivity index (χ2n) is 5.01. The molecular weight excluding hydrogens is 270 g/mol. The molecule has 1 aromatic carbocycles. The lowest BCUT2D eigenvalue weighted by Crippen LogP contribution is -1.97. The Balaban J connectivity index is 1.75. The van der Waals surface area contributed by atoms with Gasteiger partial charge in [-0.05, 0) is 31.1 Å². The van der Waals surface area contributed by atoms with Gasteiger partial charge < -0.3 is 4.98 Å². The first-order valence-electron chi connectivity index (χ1n) is 6.61. The summed E-state index contributed by atoms with van der Waals surface area (Å²) in [7, 11) is 0. The van der Waals surface area contributed by atoms with Crippen molar-refractivity contribution in [2.24, 2.45) is 5.10 Å². The van der Waals surface area contributed by atoms with Gasteiger partial charge in [0.1, 0.15) is 0 Å². The van der Waals surface area contributed by atoms with Crippen molar-refractivity contribution in [3.05, 3.63) is 46.6 Å². The van der Waals surface area contributed by atoms with Crippen LogP contribution in [0.2, 0.25) is 0 Å². The van der Waals surface area contributed by atoms with E-state index in [0.29, 0.717) is 10.7 Å². The standard InChI is InChI=1S/C14H13N5S/c20-14-18-17-13(9-5-6-9)19(14)16-8-10-7-15-12-4-2-1-3-11(10)12/h1-4,7-9,15H,5-6H2,(H,18,20)/b16-8+. The summed E-state index contributed by atoms with van der Waals surface area (Å²) in [5, 5.41) is 12.7. The van der Waals surface area contributed by atoms with Crippen LogP contribution in [0.1, 0.15) is 30.1 Å². The Bertz CT molecular complexity index is 850. The Morgan fingerprint density at radius 2 is 2.20 bits per heavy atom. The van der Waals surface area contributed by atoms with Crippen LogP contribution in [0.3, 0.4) is 0 Å². The van der Waals surface area contributed by atoms with E-state index in [4.69, 9.17) is 12.2 Å². The molecule has 0 aliphatic heterocycles. The van der Waals surface area contributed by atoms with E-state index in [1.807, 2.05) is 30.6 Å². The first-order valence-corrected chi connectivity index (χ1v) is 7.01. The number of H-pyrrole nitrogens is 2. The highest BCUT2D eigenvalue weighted by atomic mass is 32.1. The number of nitrogens with one attached hydrogen (secondary N) is 2. The molecular formula is C14H13N5S. The smallest absolute Gasteiger partial charge is 0.216 e. The second kappa shape index (κ2) is 4.42. The SMILES string of the molecule is S=c1[nH]nc(C2CC2)n1/N=C/c1c[nH]c2ccccc12. The Labute approximate surface area is 120 Å². The molecule has 5 nitrogen and oxygen atoms in total. The van der Waals surface area contributed by atoms with Gasteiger partial charge in [0, 0.05) is 28.6 Å². The van der Waals surface area contributed by atoms with Gasteiger partial charge in [0.25, 0.3) is 0 Å². The van der Waals surface area contributed by atoms with Gasteiger partial charge in [-0.25, -0.2) is 0 Å². The zero-order chi connectivity index (χ0) is 13.5. The van der Waals surface area contributed by atoms with Crippen molar-refractivity contribution in [1.82, 2.24) is 19.9 Å². The van der Waals surface area contributed by atoms with Gasteiger partial charge in [0.15, 0.2) is 5.82 Å². The molecule has 0 radical (unpaired) electrons. The van der Waals surface area contributed by atoms with Crippen molar-refractivity contribution in [2.45, 2.75) is 18.8 Å². The number of nitrogens with zero attached hydrogens (tertiary/aromatic N) is 3. The molecule has 2 N–H and O–H groups in total. The molecule has 1 fully saturated rings. The molecule has 0 bridgehead atoms. The summed E-state index contributed by atoms with van der Waals surface area (Å²) in [5.74, 6) is 1.44. The normalized spacial score (nSPS) is 15.4. The molecule has 6 heteroatoms. The third-order valence-corrected chi connectivity index (χ3v) is 3.82. The highest BCUT2D eigenvalue weighted by Gasteiger charge is 2.29. The highest BCUT2D eigenvalue weighted by molar-refractivity contribution is 7.71. The number of aromatic amines is 2. The lowest BCUT2D eigenvalue weighted by Gasteiger charge is -1.97. The van der Waals surface area contributed by atoms with Gasteiger partial charge in [-0.15, -0.1) is 0 Å². The zero-order valence-corrected chi connectivity index (χ0v) is 11.5. The van der Waals surface area contributed by atoms with Gasteiger partial charge in [-0.1, -0.05) is 18.2 Å². The third kappa shape index (κ3) is 1.89. The first-order chi connectivity index (χ1) is 9.83. The minimum Gasteiger partial charge on any atom is -0.361 e. The van der Waals surface area contributed by atoms with Crippen molar-refractivity contribution in [3.8, 4) is 0 Å². The van der Waals surface area contributed by atoms with Crippen LogP contribution in [0.15, 0.2) is 35.6 Å². The maximum absolute atomic E-state index is 5.23. The molecule has 1 aliphatic carbocycles. The summed E-state index contributed by atoms with van der Waals surface area (Å²) >= 11 is 5.23. The van der Waals surface area contributed by atoms with Crippen LogP contribution in [0, 0.1) is 4.77 Å². The van der Waals surface area contributed by atoms with Crippen molar-refractivity contribution in [1.29, 1.82) is 0 Å². The molecule has 20 heavy (non-hydrogen) atoms. The molecule has 0 atom stereocenters. The molecule has 1 saturated carbocycles. The first kappa shape index (κ1) is 11.6. The maximum Gasteiger partial charge on any atom is 0.216 e. The van der Waals surface area contributed by atoms with Crippen LogP contribution in [-0.2, 0) is 0 Å². The number of hydrogen-bond acceptors (Lipinski definition) is 3. The fourth-order valence-electron chi connectivity index (χ4n) is 2.34. The average Bonchev–Trinajstić information content (AvgIpc) is 3.13. The fraction of sp³-hybridized carbons (Fsp3) is 0.214. The summed E-state index contributed by atoms with van der Waals surface area (Å²) in [5.41, 5.74) is 2.15. The lowest BCUT2D eigenvalue weighted by atomic mass is 10.2. The zero-order valence-electron chi connectivity index (χ0n) is 10.7. The monoisotopic (exact) mass is 283 g/mol. The van der Waals surface area contributed by atoms with E-state index in [0.717, 1.165) is 22.3 Å². The Morgan fingerprint density at radius 3 is 3.05 bits per heavy atom. The van der Waals surface area contributed by atoms with Crippen LogP contribution >= 0.6 is 12.2 Å². The van der Waals surface area contributed by atoms with Crippen molar-refractivity contribution in [3.63, 3.8) is 0 Å². The molecule has 2 heterocycles. The van der Waals surface area contributed by atoms with Crippen LogP contribution in [-0.4, -0.2) is 26.1 Å². The minimum absolute atomic E-state index is 0.503. The summed E-state index contributed by atoms with van der Waals surface area (Å²) in [6.45, 7) is 0. The summed E-state index contributed by atoms with van der Waals surface area (Å²) in [6.07, 6.45) is 6.12. The Morgan fingerprint density at radius 1 is 1.35 bits per heavy atom. The number of fused-ring (bicyclic) bond motifs is 1. The molecule has 4 rings (SSSR count). The van der Waals surface area contributed by atoms with Crippen LogP contribution in [0.4, 0.5) is 0 Å². The number of hydrogen-bond donors (Lipinski definition) is 2. The third-order valence-electron chi connectivity index (χ3n) is 3.55. The van der Waals surface area contributed by atoms with Crippen LogP contribution in [0.5, 0.6) is 0 Å². The summed E-state index contributed by atoms with van der Waals surface area (Å²) < 4.78 is 2.28. The number of benzene rings is 1. The second-order valence-corrected chi connectivity index (χ2v) is 5.39. The predicted octanol–water partition coefficient (Wildman–Crippen LogP) is 3.18. The van der Waals surface area contributed by atoms with E-state index in [1.54, 1.807) is 4.68 Å². The lowest BCUT2D eigenvalue weighted by molar-refractivity contribution is 0.773. The van der Waals surface area contributed by atoms with E-state index in [9.17, 15) is 0 Å². The van der Waals surface area contributed by atoms with Gasteiger partial charge in [0.2, 0.25) is 4.77 Å². The van der Waals surface area contributed by atoms with E-state index in [2.05, 4.69) is 26.3 Å². The largest absolute Gasteiger partial charge is 0.361 e. The average molecular weight is 283 g/mol. The Kier molecular flexibility index (Phi) is 2.56. The van der Waals surface area contributed by atoms with Gasteiger partial charge in [-0.3, -0.25) is 5.10 Å². The predicted molar refractivity (Wildman–Crippen MR) is 80.7 cm³/mol. The minimum atomic E-state index is 0.503. The van der Waals surface area contributed by atoms with E-state index in [1.165, 1.54) is 12.8 Å². The van der Waals surface area contributed by atoms with Gasteiger partial charge in [-0.2, -0.15) is 14.9 Å².